The molecular formula is C16H20O3. The van der Waals surface area contributed by atoms with Gasteiger partial charge in [0, 0.05) is 0 Å². The molecule has 19 heavy (non-hydrogen) atoms. The van der Waals surface area contributed by atoms with Crippen LogP contribution >= 0.6 is 0 Å². The van der Waals surface area contributed by atoms with Crippen LogP contribution < -0.4 is 0 Å². The largest absolute Gasteiger partial charge is 0.498 e. The van der Waals surface area contributed by atoms with Crippen LogP contribution in [0, 0.1) is 0 Å². The topological polar surface area (TPSA) is 35.5 Å². The summed E-state index contributed by atoms with van der Waals surface area (Å²) in [6.07, 6.45) is 7.35. The fraction of sp³-hybridized carbons (Fsp3) is 0.438. The Kier molecular flexibility index (Phi) is 5.01. The van der Waals surface area contributed by atoms with E-state index in [2.05, 4.69) is 35.1 Å². The van der Waals surface area contributed by atoms with Crippen molar-refractivity contribution in [3.63, 3.8) is 0 Å². The van der Waals surface area contributed by atoms with E-state index in [1.165, 1.54) is 25.0 Å². The van der Waals surface area contributed by atoms with Crippen LogP contribution in [0.5, 0.6) is 0 Å². The van der Waals surface area contributed by atoms with Gasteiger partial charge in [0.1, 0.15) is 0 Å². The summed E-state index contributed by atoms with van der Waals surface area (Å²) in [6, 6.07) is 10.6. The van der Waals surface area contributed by atoms with Gasteiger partial charge < -0.3 is 9.47 Å². The van der Waals surface area contributed by atoms with Gasteiger partial charge in [0.2, 0.25) is 0 Å². The molecule has 2 rings (SSSR count). The number of rotatable bonds is 4. The van der Waals surface area contributed by atoms with Crippen molar-refractivity contribution >= 4 is 5.97 Å². The second-order valence-electron chi connectivity index (χ2n) is 4.85. The lowest BCUT2D eigenvalue weighted by Crippen LogP contribution is -2.19. The summed E-state index contributed by atoms with van der Waals surface area (Å²) >= 11 is 0. The van der Waals surface area contributed by atoms with Gasteiger partial charge in [-0.25, -0.2) is 4.79 Å². The van der Waals surface area contributed by atoms with E-state index < -0.39 is 0 Å². The fourth-order valence-corrected chi connectivity index (χ4v) is 2.53. The first-order valence-electron chi connectivity index (χ1n) is 6.74. The smallest absolute Gasteiger partial charge is 0.333 e. The highest BCUT2D eigenvalue weighted by atomic mass is 16.5. The zero-order valence-corrected chi connectivity index (χ0v) is 11.2. The Hall–Kier alpha value is -1.77. The minimum absolute atomic E-state index is 0.223. The average Bonchev–Trinajstić information content (AvgIpc) is 2.48. The molecule has 0 aromatic heterocycles. The molecule has 3 nitrogen and oxygen atoms in total. The van der Waals surface area contributed by atoms with Crippen LogP contribution in [-0.4, -0.2) is 19.2 Å². The molecular weight excluding hydrogens is 240 g/mol. The summed E-state index contributed by atoms with van der Waals surface area (Å²) in [5.41, 5.74) is 1.42. The maximum Gasteiger partial charge on any atom is 0.333 e. The first-order valence-corrected chi connectivity index (χ1v) is 6.74. The summed E-state index contributed by atoms with van der Waals surface area (Å²) in [7, 11) is 1.36. The highest BCUT2D eigenvalue weighted by Crippen LogP contribution is 2.33. The molecule has 0 spiro atoms. The van der Waals surface area contributed by atoms with Crippen molar-refractivity contribution in [2.75, 3.05) is 7.11 Å². The van der Waals surface area contributed by atoms with E-state index in [0.717, 1.165) is 25.7 Å². The SMILES string of the molecule is COC(=O)/C=C/OC1CCC(c2ccccc2)CC1. The van der Waals surface area contributed by atoms with Crippen molar-refractivity contribution in [3.8, 4) is 0 Å². The lowest BCUT2D eigenvalue weighted by atomic mass is 9.83. The summed E-state index contributed by atoms with van der Waals surface area (Å²) in [5.74, 6) is 0.267. The molecule has 3 heteroatoms. The Bertz CT molecular complexity index is 417. The summed E-state index contributed by atoms with van der Waals surface area (Å²) in [6.45, 7) is 0. The van der Waals surface area contributed by atoms with Gasteiger partial charge in [0.15, 0.2) is 0 Å². The third-order valence-corrected chi connectivity index (χ3v) is 3.62. The van der Waals surface area contributed by atoms with Crippen LogP contribution in [0.2, 0.25) is 0 Å². The van der Waals surface area contributed by atoms with Crippen LogP contribution in [0.4, 0.5) is 0 Å². The van der Waals surface area contributed by atoms with Crippen molar-refractivity contribution in [1.29, 1.82) is 0 Å². The predicted octanol–water partition coefficient (Wildman–Crippen LogP) is 3.42. The van der Waals surface area contributed by atoms with Crippen molar-refractivity contribution in [2.45, 2.75) is 37.7 Å². The first kappa shape index (κ1) is 13.7. The highest BCUT2D eigenvalue weighted by Gasteiger charge is 2.22. The quantitative estimate of drug-likeness (QED) is 0.473. The van der Waals surface area contributed by atoms with Gasteiger partial charge in [-0.1, -0.05) is 30.3 Å². The summed E-state index contributed by atoms with van der Waals surface area (Å²) in [4.78, 5) is 10.9. The van der Waals surface area contributed by atoms with Gasteiger partial charge in [-0.15, -0.1) is 0 Å². The Morgan fingerprint density at radius 2 is 1.84 bits per heavy atom. The molecule has 0 radical (unpaired) electrons. The van der Waals surface area contributed by atoms with E-state index in [0.29, 0.717) is 5.92 Å². The van der Waals surface area contributed by atoms with Crippen molar-refractivity contribution in [2.24, 2.45) is 0 Å². The van der Waals surface area contributed by atoms with Crippen molar-refractivity contribution in [1.82, 2.24) is 0 Å². The number of carbonyl (C=O) groups is 1. The van der Waals surface area contributed by atoms with Crippen molar-refractivity contribution < 1.29 is 14.3 Å². The number of benzene rings is 1. The van der Waals surface area contributed by atoms with Gasteiger partial charge in [-0.3, -0.25) is 0 Å². The third-order valence-electron chi connectivity index (χ3n) is 3.62. The molecule has 0 unspecified atom stereocenters. The highest BCUT2D eigenvalue weighted by molar-refractivity contribution is 5.81. The minimum Gasteiger partial charge on any atom is -0.498 e. The molecule has 0 atom stereocenters. The summed E-state index contributed by atoms with van der Waals surface area (Å²) < 4.78 is 10.1. The van der Waals surface area contributed by atoms with E-state index in [1.807, 2.05) is 0 Å². The average molecular weight is 260 g/mol. The number of esters is 1. The van der Waals surface area contributed by atoms with Crippen LogP contribution in [-0.2, 0) is 14.3 Å². The lowest BCUT2D eigenvalue weighted by molar-refractivity contribution is -0.135. The fourth-order valence-electron chi connectivity index (χ4n) is 2.53. The van der Waals surface area contributed by atoms with E-state index in [9.17, 15) is 4.79 Å². The molecule has 102 valence electrons. The van der Waals surface area contributed by atoms with Crippen molar-refractivity contribution in [3.05, 3.63) is 48.2 Å². The standard InChI is InChI=1S/C16H20O3/c1-18-16(17)11-12-19-15-9-7-14(8-10-15)13-5-3-2-4-6-13/h2-6,11-12,14-15H,7-10H2,1H3/b12-11+. The van der Waals surface area contributed by atoms with Crippen LogP contribution in [0.15, 0.2) is 42.7 Å². The lowest BCUT2D eigenvalue weighted by Gasteiger charge is -2.28. The molecule has 1 aromatic rings. The minimum atomic E-state index is -0.377. The zero-order chi connectivity index (χ0) is 13.5. The molecule has 1 aromatic carbocycles. The van der Waals surface area contributed by atoms with E-state index >= 15 is 0 Å². The molecule has 1 aliphatic carbocycles. The molecule has 0 bridgehead atoms. The number of ether oxygens (including phenoxy) is 2. The Morgan fingerprint density at radius 1 is 1.16 bits per heavy atom. The van der Waals surface area contributed by atoms with Crippen LogP contribution in [0.25, 0.3) is 0 Å². The number of carbonyl (C=O) groups excluding carboxylic acids is 1. The van der Waals surface area contributed by atoms with Gasteiger partial charge >= 0.3 is 5.97 Å². The first-order chi connectivity index (χ1) is 9.29. The molecule has 0 N–H and O–H groups in total. The monoisotopic (exact) mass is 260 g/mol. The molecule has 0 amide bonds. The van der Waals surface area contributed by atoms with Gasteiger partial charge in [0.05, 0.1) is 25.6 Å². The van der Waals surface area contributed by atoms with Crippen LogP contribution in [0.3, 0.4) is 0 Å². The third kappa shape index (κ3) is 4.12. The van der Waals surface area contributed by atoms with E-state index in [-0.39, 0.29) is 12.1 Å². The Balaban J connectivity index is 1.77. The molecule has 1 saturated carbocycles. The molecule has 1 aliphatic rings. The molecule has 0 heterocycles. The second kappa shape index (κ2) is 6.98. The van der Waals surface area contributed by atoms with Gasteiger partial charge in [-0.05, 0) is 37.2 Å². The number of hydrogen-bond donors (Lipinski definition) is 0. The number of hydrogen-bond acceptors (Lipinski definition) is 3. The maximum atomic E-state index is 10.9. The molecule has 0 saturated heterocycles. The zero-order valence-electron chi connectivity index (χ0n) is 11.2. The van der Waals surface area contributed by atoms with Crippen LogP contribution in [0.1, 0.15) is 37.2 Å². The molecule has 1 fully saturated rings. The Morgan fingerprint density at radius 3 is 2.47 bits per heavy atom. The predicted molar refractivity (Wildman–Crippen MR) is 73.7 cm³/mol. The van der Waals surface area contributed by atoms with Gasteiger partial charge in [0.25, 0.3) is 0 Å². The van der Waals surface area contributed by atoms with E-state index in [1.54, 1.807) is 0 Å². The van der Waals surface area contributed by atoms with E-state index in [4.69, 9.17) is 4.74 Å². The van der Waals surface area contributed by atoms with Gasteiger partial charge in [-0.2, -0.15) is 0 Å². The molecule has 0 aliphatic heterocycles. The summed E-state index contributed by atoms with van der Waals surface area (Å²) in [5, 5.41) is 0. The number of methoxy groups -OCH3 is 1. The Labute approximate surface area is 114 Å². The normalized spacial score (nSPS) is 23.2. The maximum absolute atomic E-state index is 10.9. The second-order valence-corrected chi connectivity index (χ2v) is 4.85.